The highest BCUT2D eigenvalue weighted by Gasteiger charge is 2.14. The first-order valence-electron chi connectivity index (χ1n) is 6.63. The second kappa shape index (κ2) is 6.85. The number of methoxy groups -OCH3 is 1. The van der Waals surface area contributed by atoms with Crippen molar-refractivity contribution < 1.29 is 14.6 Å². The molecule has 5 heteroatoms. The number of nitrogens with one attached hydrogen (secondary N) is 1. The van der Waals surface area contributed by atoms with Crippen molar-refractivity contribution >= 4 is 5.91 Å². The molecule has 0 saturated carbocycles. The topological polar surface area (TPSA) is 71.5 Å². The number of para-hydroxylation sites is 1. The second-order valence-corrected chi connectivity index (χ2v) is 4.66. The summed E-state index contributed by atoms with van der Waals surface area (Å²) in [7, 11) is 1.54. The molecular formula is C16H18N2O3. The second-order valence-electron chi connectivity index (χ2n) is 4.66. The Morgan fingerprint density at radius 3 is 2.76 bits per heavy atom. The van der Waals surface area contributed by atoms with Crippen LogP contribution in [0.25, 0.3) is 0 Å². The van der Waals surface area contributed by atoms with Gasteiger partial charge >= 0.3 is 0 Å². The fourth-order valence-electron chi connectivity index (χ4n) is 1.95. The SMILES string of the molecule is COc1ccccc1C(O)CNC(=O)c1ccc(C)nc1. The van der Waals surface area contributed by atoms with Gasteiger partial charge in [-0.2, -0.15) is 0 Å². The lowest BCUT2D eigenvalue weighted by atomic mass is 10.1. The third-order valence-corrected chi connectivity index (χ3v) is 3.13. The number of aliphatic hydroxyl groups excluding tert-OH is 1. The number of pyridine rings is 1. The van der Waals surface area contributed by atoms with Crippen molar-refractivity contribution in [3.05, 3.63) is 59.4 Å². The van der Waals surface area contributed by atoms with Gasteiger partial charge in [-0.15, -0.1) is 0 Å². The van der Waals surface area contributed by atoms with Gasteiger partial charge in [0.15, 0.2) is 0 Å². The average Bonchev–Trinajstić information content (AvgIpc) is 2.52. The van der Waals surface area contributed by atoms with Crippen LogP contribution < -0.4 is 10.1 Å². The molecule has 1 aromatic heterocycles. The Kier molecular flexibility index (Phi) is 4.90. The molecular weight excluding hydrogens is 268 g/mol. The Labute approximate surface area is 123 Å². The van der Waals surface area contributed by atoms with Gasteiger partial charge in [0, 0.05) is 24.0 Å². The number of ether oxygens (including phenoxy) is 1. The van der Waals surface area contributed by atoms with Crippen LogP contribution in [0.1, 0.15) is 27.7 Å². The highest BCUT2D eigenvalue weighted by Crippen LogP contribution is 2.24. The summed E-state index contributed by atoms with van der Waals surface area (Å²) in [6, 6.07) is 10.6. The monoisotopic (exact) mass is 286 g/mol. The minimum Gasteiger partial charge on any atom is -0.496 e. The predicted octanol–water partition coefficient (Wildman–Crippen LogP) is 1.86. The summed E-state index contributed by atoms with van der Waals surface area (Å²) >= 11 is 0. The van der Waals surface area contributed by atoms with Crippen molar-refractivity contribution in [3.63, 3.8) is 0 Å². The van der Waals surface area contributed by atoms with Crippen molar-refractivity contribution in [2.24, 2.45) is 0 Å². The molecule has 0 fully saturated rings. The van der Waals surface area contributed by atoms with Crippen LogP contribution >= 0.6 is 0 Å². The summed E-state index contributed by atoms with van der Waals surface area (Å²) in [6.45, 7) is 1.96. The molecule has 2 rings (SSSR count). The first kappa shape index (κ1) is 15.0. The fourth-order valence-corrected chi connectivity index (χ4v) is 1.95. The average molecular weight is 286 g/mol. The molecule has 0 saturated heterocycles. The Morgan fingerprint density at radius 2 is 2.10 bits per heavy atom. The molecule has 0 bridgehead atoms. The van der Waals surface area contributed by atoms with Crippen LogP contribution in [-0.4, -0.2) is 29.7 Å². The lowest BCUT2D eigenvalue weighted by molar-refractivity contribution is 0.0914. The summed E-state index contributed by atoms with van der Waals surface area (Å²) < 4.78 is 5.19. The van der Waals surface area contributed by atoms with Gasteiger partial charge in [0.1, 0.15) is 5.75 Å². The number of aryl methyl sites for hydroxylation is 1. The van der Waals surface area contributed by atoms with E-state index in [-0.39, 0.29) is 12.5 Å². The summed E-state index contributed by atoms with van der Waals surface area (Å²) in [5.41, 5.74) is 1.95. The largest absolute Gasteiger partial charge is 0.496 e. The Hall–Kier alpha value is -2.40. The lowest BCUT2D eigenvalue weighted by Gasteiger charge is -2.15. The summed E-state index contributed by atoms with van der Waals surface area (Å²) in [4.78, 5) is 16.0. The first-order chi connectivity index (χ1) is 10.1. The van der Waals surface area contributed by atoms with Crippen LogP contribution in [0, 0.1) is 6.92 Å². The van der Waals surface area contributed by atoms with E-state index >= 15 is 0 Å². The van der Waals surface area contributed by atoms with Gasteiger partial charge in [0.05, 0.1) is 18.8 Å². The van der Waals surface area contributed by atoms with E-state index in [9.17, 15) is 9.90 Å². The Bertz CT molecular complexity index is 611. The van der Waals surface area contributed by atoms with Gasteiger partial charge in [0.25, 0.3) is 5.91 Å². The molecule has 1 amide bonds. The first-order valence-corrected chi connectivity index (χ1v) is 6.63. The van der Waals surface area contributed by atoms with E-state index in [4.69, 9.17) is 4.74 Å². The van der Waals surface area contributed by atoms with Gasteiger partial charge in [-0.3, -0.25) is 9.78 Å². The maximum absolute atomic E-state index is 12.0. The molecule has 1 unspecified atom stereocenters. The van der Waals surface area contributed by atoms with Crippen LogP contribution in [-0.2, 0) is 0 Å². The van der Waals surface area contributed by atoms with Crippen molar-refractivity contribution in [2.75, 3.05) is 13.7 Å². The molecule has 5 nitrogen and oxygen atoms in total. The van der Waals surface area contributed by atoms with Gasteiger partial charge in [-0.25, -0.2) is 0 Å². The molecule has 21 heavy (non-hydrogen) atoms. The number of hydrogen-bond donors (Lipinski definition) is 2. The van der Waals surface area contributed by atoms with E-state index in [0.717, 1.165) is 5.69 Å². The zero-order chi connectivity index (χ0) is 15.2. The van der Waals surface area contributed by atoms with Crippen molar-refractivity contribution in [1.29, 1.82) is 0 Å². The predicted molar refractivity (Wildman–Crippen MR) is 79.3 cm³/mol. The minimum absolute atomic E-state index is 0.104. The molecule has 2 N–H and O–H groups in total. The van der Waals surface area contributed by atoms with E-state index in [1.807, 2.05) is 19.1 Å². The number of benzene rings is 1. The molecule has 0 aliphatic carbocycles. The number of nitrogens with zero attached hydrogens (tertiary/aromatic N) is 1. The van der Waals surface area contributed by atoms with Crippen LogP contribution in [0.2, 0.25) is 0 Å². The van der Waals surface area contributed by atoms with E-state index in [1.54, 1.807) is 31.4 Å². The zero-order valence-corrected chi connectivity index (χ0v) is 12.0. The number of carbonyl (C=O) groups is 1. The molecule has 2 aromatic rings. The van der Waals surface area contributed by atoms with Gasteiger partial charge < -0.3 is 15.2 Å². The van der Waals surface area contributed by atoms with Gasteiger partial charge in [-0.1, -0.05) is 18.2 Å². The molecule has 0 spiro atoms. The quantitative estimate of drug-likeness (QED) is 0.880. The summed E-state index contributed by atoms with van der Waals surface area (Å²) in [5, 5.41) is 12.8. The van der Waals surface area contributed by atoms with Crippen LogP contribution in [0.15, 0.2) is 42.6 Å². The number of rotatable bonds is 5. The third-order valence-electron chi connectivity index (χ3n) is 3.13. The number of carbonyl (C=O) groups excluding carboxylic acids is 1. The van der Waals surface area contributed by atoms with Crippen molar-refractivity contribution in [1.82, 2.24) is 10.3 Å². The molecule has 0 aliphatic rings. The maximum atomic E-state index is 12.0. The number of hydrogen-bond acceptors (Lipinski definition) is 4. The van der Waals surface area contributed by atoms with Crippen molar-refractivity contribution in [3.8, 4) is 5.75 Å². The zero-order valence-electron chi connectivity index (χ0n) is 12.0. The Morgan fingerprint density at radius 1 is 1.33 bits per heavy atom. The van der Waals surface area contributed by atoms with Crippen LogP contribution in [0.4, 0.5) is 0 Å². The molecule has 110 valence electrons. The fraction of sp³-hybridized carbons (Fsp3) is 0.250. The van der Waals surface area contributed by atoms with E-state index in [0.29, 0.717) is 16.9 Å². The van der Waals surface area contributed by atoms with E-state index in [2.05, 4.69) is 10.3 Å². The normalized spacial score (nSPS) is 11.8. The summed E-state index contributed by atoms with van der Waals surface area (Å²) in [6.07, 6.45) is 0.684. The van der Waals surface area contributed by atoms with Crippen LogP contribution in [0.5, 0.6) is 5.75 Å². The minimum atomic E-state index is -0.830. The highest BCUT2D eigenvalue weighted by molar-refractivity contribution is 5.93. The molecule has 1 heterocycles. The number of aliphatic hydroxyl groups is 1. The number of aromatic nitrogens is 1. The molecule has 1 atom stereocenters. The number of amides is 1. The molecule has 0 aliphatic heterocycles. The smallest absolute Gasteiger partial charge is 0.252 e. The van der Waals surface area contributed by atoms with E-state index < -0.39 is 6.10 Å². The standard InChI is InChI=1S/C16H18N2O3/c1-11-7-8-12(9-17-11)16(20)18-10-14(19)13-5-3-4-6-15(13)21-2/h3-9,14,19H,10H2,1-2H3,(H,18,20). The highest BCUT2D eigenvalue weighted by atomic mass is 16.5. The maximum Gasteiger partial charge on any atom is 0.252 e. The third kappa shape index (κ3) is 3.79. The van der Waals surface area contributed by atoms with Gasteiger partial charge in [0.2, 0.25) is 0 Å². The molecule has 0 radical (unpaired) electrons. The van der Waals surface area contributed by atoms with E-state index in [1.165, 1.54) is 6.20 Å². The molecule has 1 aromatic carbocycles. The Balaban J connectivity index is 1.99. The van der Waals surface area contributed by atoms with Gasteiger partial charge in [-0.05, 0) is 25.1 Å². The van der Waals surface area contributed by atoms with Crippen LogP contribution in [0.3, 0.4) is 0 Å². The van der Waals surface area contributed by atoms with Crippen molar-refractivity contribution in [2.45, 2.75) is 13.0 Å². The lowest BCUT2D eigenvalue weighted by Crippen LogP contribution is -2.28. The summed E-state index contributed by atoms with van der Waals surface area (Å²) in [5.74, 6) is 0.327.